The number of alkyl halides is 3. The number of nitrogens with zero attached hydrogens (tertiary/aromatic N) is 1. The van der Waals surface area contributed by atoms with Crippen LogP contribution in [-0.2, 0) is 22.5 Å². The van der Waals surface area contributed by atoms with Gasteiger partial charge in [0.25, 0.3) is 5.91 Å². The van der Waals surface area contributed by atoms with E-state index >= 15 is 0 Å². The van der Waals surface area contributed by atoms with Gasteiger partial charge in [-0.05, 0) is 53.9 Å². The molecule has 0 bridgehead atoms. The number of halogens is 3. The van der Waals surface area contributed by atoms with Crippen LogP contribution in [-0.4, -0.2) is 50.5 Å². The fourth-order valence-electron chi connectivity index (χ4n) is 3.19. The van der Waals surface area contributed by atoms with Crippen LogP contribution in [0, 0.1) is 0 Å². The Morgan fingerprint density at radius 2 is 1.61 bits per heavy atom. The highest BCUT2D eigenvalue weighted by molar-refractivity contribution is 5.91. The summed E-state index contributed by atoms with van der Waals surface area (Å²) in [5, 5.41) is 0. The van der Waals surface area contributed by atoms with Crippen LogP contribution in [0.5, 0.6) is 17.2 Å². The molecular weight excluding hydrogens is 419 g/mol. The Morgan fingerprint density at radius 1 is 1.00 bits per heavy atom. The van der Waals surface area contributed by atoms with Crippen molar-refractivity contribution < 1.29 is 41.7 Å². The third-order valence-electron chi connectivity index (χ3n) is 4.72. The number of rotatable bonds is 6. The lowest BCUT2D eigenvalue weighted by atomic mass is 9.99. The lowest BCUT2D eigenvalue weighted by molar-refractivity contribution is -0.274. The largest absolute Gasteiger partial charge is 0.573 e. The zero-order chi connectivity index (χ0) is 22.6. The number of ether oxygens (including phenoxy) is 4. The SMILES string of the molecule is COc1cc2c(cc1OC)CN(C(=O)COC(=O)c1ccc(OC(F)(F)F)cc1)CC2. The molecule has 1 heterocycles. The van der Waals surface area contributed by atoms with Crippen LogP contribution >= 0.6 is 0 Å². The fraction of sp³-hybridized carbons (Fsp3) is 0.333. The number of benzene rings is 2. The second-order valence-electron chi connectivity index (χ2n) is 6.69. The van der Waals surface area contributed by atoms with Crippen LogP contribution in [0.2, 0.25) is 0 Å². The number of hydrogen-bond acceptors (Lipinski definition) is 6. The van der Waals surface area contributed by atoms with Gasteiger partial charge >= 0.3 is 12.3 Å². The van der Waals surface area contributed by atoms with E-state index in [0.717, 1.165) is 35.4 Å². The van der Waals surface area contributed by atoms with E-state index in [2.05, 4.69) is 4.74 Å². The van der Waals surface area contributed by atoms with E-state index in [-0.39, 0.29) is 11.5 Å². The molecule has 2 aromatic carbocycles. The quantitative estimate of drug-likeness (QED) is 0.643. The number of esters is 1. The van der Waals surface area contributed by atoms with Crippen LogP contribution in [0.3, 0.4) is 0 Å². The van der Waals surface area contributed by atoms with Gasteiger partial charge in [-0.2, -0.15) is 0 Å². The second-order valence-corrected chi connectivity index (χ2v) is 6.69. The highest BCUT2D eigenvalue weighted by Gasteiger charge is 2.31. The molecule has 1 amide bonds. The summed E-state index contributed by atoms with van der Waals surface area (Å²) in [5.74, 6) is -0.498. The topological polar surface area (TPSA) is 74.3 Å². The third kappa shape index (κ3) is 5.59. The molecule has 0 aliphatic carbocycles. The Kier molecular flexibility index (Phi) is 6.57. The first-order valence-corrected chi connectivity index (χ1v) is 9.24. The summed E-state index contributed by atoms with van der Waals surface area (Å²) < 4.78 is 55.9. The van der Waals surface area contributed by atoms with Crippen LogP contribution < -0.4 is 14.2 Å². The molecule has 0 fully saturated rings. The summed E-state index contributed by atoms with van der Waals surface area (Å²) in [6.45, 7) is 0.292. The van der Waals surface area contributed by atoms with E-state index in [1.807, 2.05) is 12.1 Å². The van der Waals surface area contributed by atoms with Gasteiger partial charge in [0.05, 0.1) is 19.8 Å². The maximum Gasteiger partial charge on any atom is 0.573 e. The summed E-state index contributed by atoms with van der Waals surface area (Å²) in [6, 6.07) is 7.94. The maximum atomic E-state index is 12.5. The zero-order valence-corrected chi connectivity index (χ0v) is 16.8. The molecule has 7 nitrogen and oxygen atoms in total. The van der Waals surface area contributed by atoms with Crippen LogP contribution in [0.25, 0.3) is 0 Å². The van der Waals surface area contributed by atoms with Gasteiger partial charge in [-0.25, -0.2) is 4.79 Å². The first kappa shape index (κ1) is 22.3. The van der Waals surface area contributed by atoms with Crippen molar-refractivity contribution in [2.75, 3.05) is 27.4 Å². The summed E-state index contributed by atoms with van der Waals surface area (Å²) in [4.78, 5) is 26.1. The van der Waals surface area contributed by atoms with Gasteiger partial charge in [0, 0.05) is 13.1 Å². The van der Waals surface area contributed by atoms with E-state index in [4.69, 9.17) is 14.2 Å². The van der Waals surface area contributed by atoms with Gasteiger partial charge in [0.2, 0.25) is 0 Å². The highest BCUT2D eigenvalue weighted by atomic mass is 19.4. The van der Waals surface area contributed by atoms with Crippen molar-refractivity contribution >= 4 is 11.9 Å². The molecule has 0 unspecified atom stereocenters. The van der Waals surface area contributed by atoms with E-state index < -0.39 is 24.7 Å². The Labute approximate surface area is 176 Å². The molecule has 31 heavy (non-hydrogen) atoms. The predicted molar refractivity (Wildman–Crippen MR) is 102 cm³/mol. The van der Waals surface area contributed by atoms with Crippen LogP contribution in [0.4, 0.5) is 13.2 Å². The van der Waals surface area contributed by atoms with Crippen molar-refractivity contribution in [3.8, 4) is 17.2 Å². The first-order valence-electron chi connectivity index (χ1n) is 9.24. The molecule has 3 rings (SSSR count). The standard InChI is InChI=1S/C21H20F3NO6/c1-28-17-9-14-7-8-25(11-15(14)10-18(17)29-2)19(26)12-30-20(27)13-3-5-16(6-4-13)31-21(22,23)24/h3-6,9-10H,7-8,11-12H2,1-2H3. The summed E-state index contributed by atoms with van der Waals surface area (Å²) in [5.41, 5.74) is 1.95. The average Bonchev–Trinajstić information content (AvgIpc) is 2.75. The van der Waals surface area contributed by atoms with E-state index in [0.29, 0.717) is 31.0 Å². The lowest BCUT2D eigenvalue weighted by Gasteiger charge is -2.29. The Bertz CT molecular complexity index is 959. The number of methoxy groups -OCH3 is 2. The predicted octanol–water partition coefficient (Wildman–Crippen LogP) is 3.34. The van der Waals surface area contributed by atoms with Crippen LogP contribution in [0.1, 0.15) is 21.5 Å². The van der Waals surface area contributed by atoms with E-state index in [9.17, 15) is 22.8 Å². The summed E-state index contributed by atoms with van der Waals surface area (Å²) >= 11 is 0. The lowest BCUT2D eigenvalue weighted by Crippen LogP contribution is -2.38. The van der Waals surface area contributed by atoms with E-state index in [1.165, 1.54) is 7.11 Å². The minimum absolute atomic E-state index is 0.00291. The number of hydrogen-bond donors (Lipinski definition) is 0. The first-order chi connectivity index (χ1) is 14.7. The molecule has 0 spiro atoms. The maximum absolute atomic E-state index is 12.5. The van der Waals surface area contributed by atoms with Gasteiger partial charge in [0.15, 0.2) is 18.1 Å². The van der Waals surface area contributed by atoms with Gasteiger partial charge in [-0.15, -0.1) is 13.2 Å². The van der Waals surface area contributed by atoms with Crippen molar-refractivity contribution in [3.05, 3.63) is 53.1 Å². The molecular formula is C21H20F3NO6. The molecule has 0 N–H and O–H groups in total. The van der Waals surface area contributed by atoms with Crippen LogP contribution in [0.15, 0.2) is 36.4 Å². The third-order valence-corrected chi connectivity index (χ3v) is 4.72. The van der Waals surface area contributed by atoms with Crippen molar-refractivity contribution in [3.63, 3.8) is 0 Å². The minimum atomic E-state index is -4.82. The minimum Gasteiger partial charge on any atom is -0.493 e. The molecule has 0 aromatic heterocycles. The van der Waals surface area contributed by atoms with Gasteiger partial charge < -0.3 is 23.8 Å². The van der Waals surface area contributed by atoms with E-state index in [1.54, 1.807) is 12.0 Å². The monoisotopic (exact) mass is 439 g/mol. The normalized spacial score (nSPS) is 13.3. The Hall–Kier alpha value is -3.43. The average molecular weight is 439 g/mol. The van der Waals surface area contributed by atoms with Crippen molar-refractivity contribution in [2.24, 2.45) is 0 Å². The molecule has 10 heteroatoms. The number of carbonyl (C=O) groups is 2. The highest BCUT2D eigenvalue weighted by Crippen LogP contribution is 2.33. The second kappa shape index (κ2) is 9.15. The van der Waals surface area contributed by atoms with Crippen molar-refractivity contribution in [2.45, 2.75) is 19.3 Å². The summed E-state index contributed by atoms with van der Waals surface area (Å²) in [7, 11) is 3.07. The molecule has 0 radical (unpaired) electrons. The molecule has 0 saturated heterocycles. The molecule has 1 aliphatic heterocycles. The number of carbonyl (C=O) groups excluding carboxylic acids is 2. The molecule has 0 atom stereocenters. The van der Waals surface area contributed by atoms with Gasteiger partial charge in [-0.3, -0.25) is 4.79 Å². The molecule has 166 valence electrons. The number of fused-ring (bicyclic) bond motifs is 1. The molecule has 1 aliphatic rings. The Balaban J connectivity index is 1.57. The smallest absolute Gasteiger partial charge is 0.493 e. The summed E-state index contributed by atoms with van der Waals surface area (Å²) in [6.07, 6.45) is -4.22. The van der Waals surface area contributed by atoms with Gasteiger partial charge in [-0.1, -0.05) is 0 Å². The van der Waals surface area contributed by atoms with Gasteiger partial charge in [0.1, 0.15) is 5.75 Å². The van der Waals surface area contributed by atoms with Crippen molar-refractivity contribution in [1.29, 1.82) is 0 Å². The molecule has 2 aromatic rings. The fourth-order valence-corrected chi connectivity index (χ4v) is 3.19. The number of amides is 1. The zero-order valence-electron chi connectivity index (χ0n) is 16.8. The Morgan fingerprint density at radius 3 is 2.19 bits per heavy atom. The molecule has 0 saturated carbocycles. The van der Waals surface area contributed by atoms with Crippen molar-refractivity contribution in [1.82, 2.24) is 4.90 Å².